The molecule has 2 heterocycles. The molecule has 0 unspecified atom stereocenters. The highest BCUT2D eigenvalue weighted by atomic mass is 35.5. The van der Waals surface area contributed by atoms with E-state index in [0.717, 1.165) is 5.56 Å². The number of nitrogens with zero attached hydrogens (tertiary/aromatic N) is 3. The Balaban J connectivity index is 1.18. The van der Waals surface area contributed by atoms with E-state index in [9.17, 15) is 9.59 Å². The molecule has 3 aromatic carbocycles. The highest BCUT2D eigenvalue weighted by Crippen LogP contribution is 2.28. The van der Waals surface area contributed by atoms with Gasteiger partial charge in [-0.05, 0) is 42.5 Å². The van der Waals surface area contributed by atoms with Crippen molar-refractivity contribution in [2.45, 2.75) is 13.0 Å². The minimum absolute atomic E-state index is 0.0863. The molecule has 176 valence electrons. The summed E-state index contributed by atoms with van der Waals surface area (Å²) >= 11 is 6.04. The van der Waals surface area contributed by atoms with E-state index in [0.29, 0.717) is 40.5 Å². The molecule has 0 spiro atoms. The first-order valence-corrected chi connectivity index (χ1v) is 11.4. The maximum atomic E-state index is 12.8. The Morgan fingerprint density at radius 3 is 2.71 bits per heavy atom. The minimum atomic E-state index is -0.471. The van der Waals surface area contributed by atoms with Crippen LogP contribution in [0.15, 0.2) is 83.3 Å². The molecule has 1 aromatic heterocycles. The number of benzene rings is 3. The smallest absolute Gasteiger partial charge is 0.254 e. The summed E-state index contributed by atoms with van der Waals surface area (Å²) < 4.78 is 11.4. The molecular formula is C26H21ClN4O4. The van der Waals surface area contributed by atoms with Crippen molar-refractivity contribution in [1.29, 1.82) is 0 Å². The van der Waals surface area contributed by atoms with Gasteiger partial charge < -0.3 is 19.4 Å². The molecule has 0 aliphatic carbocycles. The summed E-state index contributed by atoms with van der Waals surface area (Å²) in [6.07, 6.45) is 0.134. The summed E-state index contributed by atoms with van der Waals surface area (Å²) in [7, 11) is 0. The molecule has 1 aliphatic heterocycles. The van der Waals surface area contributed by atoms with Gasteiger partial charge in [0.25, 0.3) is 5.89 Å². The molecule has 2 amide bonds. The zero-order valence-corrected chi connectivity index (χ0v) is 19.3. The van der Waals surface area contributed by atoms with E-state index < -0.39 is 5.92 Å². The summed E-state index contributed by atoms with van der Waals surface area (Å²) in [5, 5.41) is 11.5. The predicted molar refractivity (Wildman–Crippen MR) is 131 cm³/mol. The molecule has 35 heavy (non-hydrogen) atoms. The first-order valence-electron chi connectivity index (χ1n) is 11.0. The van der Waals surface area contributed by atoms with Crippen LogP contribution in [0.25, 0.3) is 11.5 Å². The normalized spacial score (nSPS) is 15.3. The summed E-state index contributed by atoms with van der Waals surface area (Å²) in [4.78, 5) is 26.9. The van der Waals surface area contributed by atoms with Gasteiger partial charge >= 0.3 is 0 Å². The summed E-state index contributed by atoms with van der Waals surface area (Å²) in [5.41, 5.74) is 2.08. The first kappa shape index (κ1) is 22.6. The molecule has 4 aromatic rings. The van der Waals surface area contributed by atoms with Crippen LogP contribution in [0.4, 0.5) is 11.4 Å². The Morgan fingerprint density at radius 1 is 1.06 bits per heavy atom. The van der Waals surface area contributed by atoms with Gasteiger partial charge in [-0.1, -0.05) is 41.9 Å². The van der Waals surface area contributed by atoms with Gasteiger partial charge in [-0.3, -0.25) is 9.59 Å². The number of nitrogens with one attached hydrogen (secondary N) is 1. The van der Waals surface area contributed by atoms with Crippen LogP contribution in [0.3, 0.4) is 0 Å². The SMILES string of the molecule is O=C(Nc1cccc(OCc2nnc(-c3ccccc3)o2)c1)[C@H]1CC(=O)N(c2cccc(Cl)c2)C1. The van der Waals surface area contributed by atoms with Gasteiger partial charge in [0.1, 0.15) is 5.75 Å². The van der Waals surface area contributed by atoms with E-state index >= 15 is 0 Å². The first-order chi connectivity index (χ1) is 17.0. The van der Waals surface area contributed by atoms with E-state index in [4.69, 9.17) is 20.8 Å². The van der Waals surface area contributed by atoms with Gasteiger partial charge in [0.2, 0.25) is 17.7 Å². The molecule has 1 saturated heterocycles. The number of aromatic nitrogens is 2. The Bertz CT molecular complexity index is 1360. The average Bonchev–Trinajstić information content (AvgIpc) is 3.50. The van der Waals surface area contributed by atoms with Crippen LogP contribution in [0.2, 0.25) is 5.02 Å². The average molecular weight is 489 g/mol. The lowest BCUT2D eigenvalue weighted by atomic mass is 10.1. The lowest BCUT2D eigenvalue weighted by molar-refractivity contribution is -0.122. The third-order valence-electron chi connectivity index (χ3n) is 5.57. The third-order valence-corrected chi connectivity index (χ3v) is 5.80. The minimum Gasteiger partial charge on any atom is -0.484 e. The highest BCUT2D eigenvalue weighted by Gasteiger charge is 2.35. The maximum absolute atomic E-state index is 12.8. The molecule has 1 fully saturated rings. The quantitative estimate of drug-likeness (QED) is 0.395. The van der Waals surface area contributed by atoms with Crippen LogP contribution in [0.5, 0.6) is 5.75 Å². The van der Waals surface area contributed by atoms with Gasteiger partial charge in [-0.2, -0.15) is 0 Å². The van der Waals surface area contributed by atoms with Crippen LogP contribution in [-0.4, -0.2) is 28.6 Å². The van der Waals surface area contributed by atoms with Gasteiger partial charge in [-0.25, -0.2) is 0 Å². The molecule has 5 rings (SSSR count). The molecular weight excluding hydrogens is 468 g/mol. The number of hydrogen-bond donors (Lipinski definition) is 1. The van der Waals surface area contributed by atoms with E-state index in [2.05, 4.69) is 15.5 Å². The van der Waals surface area contributed by atoms with Gasteiger partial charge in [-0.15, -0.1) is 10.2 Å². The lowest BCUT2D eigenvalue weighted by Crippen LogP contribution is -2.28. The number of halogens is 1. The van der Waals surface area contributed by atoms with Crippen LogP contribution >= 0.6 is 11.6 Å². The Morgan fingerprint density at radius 2 is 1.89 bits per heavy atom. The second-order valence-corrected chi connectivity index (χ2v) is 8.49. The zero-order chi connectivity index (χ0) is 24.2. The molecule has 1 N–H and O–H groups in total. The third kappa shape index (κ3) is 5.33. The Kier molecular flexibility index (Phi) is 6.45. The van der Waals surface area contributed by atoms with Gasteiger partial charge in [0.15, 0.2) is 6.61 Å². The molecule has 1 aliphatic rings. The van der Waals surface area contributed by atoms with E-state index in [1.54, 1.807) is 53.4 Å². The number of carbonyl (C=O) groups excluding carboxylic acids is 2. The second-order valence-electron chi connectivity index (χ2n) is 8.06. The number of rotatable bonds is 7. The van der Waals surface area contributed by atoms with Crippen molar-refractivity contribution in [3.63, 3.8) is 0 Å². The van der Waals surface area contributed by atoms with Crippen LogP contribution < -0.4 is 15.0 Å². The van der Waals surface area contributed by atoms with Crippen LogP contribution in [-0.2, 0) is 16.2 Å². The van der Waals surface area contributed by atoms with E-state index in [1.165, 1.54) is 0 Å². The van der Waals surface area contributed by atoms with Crippen molar-refractivity contribution >= 4 is 34.8 Å². The number of amides is 2. The van der Waals surface area contributed by atoms with Gasteiger partial charge in [0.05, 0.1) is 5.92 Å². The molecule has 8 nitrogen and oxygen atoms in total. The number of carbonyl (C=O) groups is 2. The fourth-order valence-electron chi connectivity index (χ4n) is 3.84. The number of ether oxygens (including phenoxy) is 1. The van der Waals surface area contributed by atoms with Crippen molar-refractivity contribution in [1.82, 2.24) is 10.2 Å². The topological polar surface area (TPSA) is 97.6 Å². The van der Waals surface area contributed by atoms with Gasteiger partial charge in [0, 0.05) is 41.0 Å². The standard InChI is InChI=1S/C26H21ClN4O4/c27-19-8-4-10-21(13-19)31-15-18(12-24(31)32)25(33)28-20-9-5-11-22(14-20)34-16-23-29-30-26(35-23)17-6-2-1-3-7-17/h1-11,13-14,18H,12,15-16H2,(H,28,33)/t18-/m0/s1. The van der Waals surface area contributed by atoms with Crippen molar-refractivity contribution in [2.24, 2.45) is 5.92 Å². The number of hydrogen-bond acceptors (Lipinski definition) is 6. The number of anilines is 2. The Labute approximate surface area is 206 Å². The molecule has 9 heteroatoms. The fraction of sp³-hybridized carbons (Fsp3) is 0.154. The molecule has 0 radical (unpaired) electrons. The zero-order valence-electron chi connectivity index (χ0n) is 18.6. The predicted octanol–water partition coefficient (Wildman–Crippen LogP) is 4.96. The lowest BCUT2D eigenvalue weighted by Gasteiger charge is -2.17. The van der Waals surface area contributed by atoms with E-state index in [-0.39, 0.29) is 24.8 Å². The summed E-state index contributed by atoms with van der Waals surface area (Å²) in [5.74, 6) is 0.474. The van der Waals surface area contributed by atoms with Crippen molar-refractivity contribution in [2.75, 3.05) is 16.8 Å². The summed E-state index contributed by atoms with van der Waals surface area (Å²) in [6, 6.07) is 23.5. The molecule has 1 atom stereocenters. The monoisotopic (exact) mass is 488 g/mol. The fourth-order valence-corrected chi connectivity index (χ4v) is 4.02. The van der Waals surface area contributed by atoms with Crippen molar-refractivity contribution < 1.29 is 18.7 Å². The maximum Gasteiger partial charge on any atom is 0.254 e. The van der Waals surface area contributed by atoms with Crippen molar-refractivity contribution in [3.8, 4) is 17.2 Å². The molecule has 0 saturated carbocycles. The summed E-state index contributed by atoms with van der Waals surface area (Å²) in [6.45, 7) is 0.380. The van der Waals surface area contributed by atoms with Crippen LogP contribution in [0.1, 0.15) is 12.3 Å². The van der Waals surface area contributed by atoms with Crippen molar-refractivity contribution in [3.05, 3.63) is 89.8 Å². The highest BCUT2D eigenvalue weighted by molar-refractivity contribution is 6.31. The Hall–Kier alpha value is -4.17. The van der Waals surface area contributed by atoms with Crippen LogP contribution in [0, 0.1) is 5.92 Å². The second kappa shape index (κ2) is 9.99. The molecule has 0 bridgehead atoms. The van der Waals surface area contributed by atoms with E-state index in [1.807, 2.05) is 30.3 Å². The largest absolute Gasteiger partial charge is 0.484 e.